The molecule has 0 aliphatic carbocycles. The smallest absolute Gasteiger partial charge is 0.222 e. The van der Waals surface area contributed by atoms with E-state index in [2.05, 4.69) is 15.4 Å². The van der Waals surface area contributed by atoms with E-state index in [0.29, 0.717) is 11.6 Å². The van der Waals surface area contributed by atoms with Gasteiger partial charge in [-0.25, -0.2) is 4.98 Å². The van der Waals surface area contributed by atoms with Crippen LogP contribution in [0.25, 0.3) is 16.7 Å². The number of amides is 1. The second-order valence-corrected chi connectivity index (χ2v) is 5.08. The molecule has 1 N–H and O–H groups in total. The van der Waals surface area contributed by atoms with E-state index in [1.165, 1.54) is 6.92 Å². The number of nitrogens with zero attached hydrogens (tertiary/aromatic N) is 3. The molecule has 0 atom stereocenters. The minimum Gasteiger partial charge on any atom is -0.311 e. The largest absolute Gasteiger partial charge is 0.311 e. The average Bonchev–Trinajstić information content (AvgIpc) is 2.78. The second-order valence-electron chi connectivity index (χ2n) is 5.08. The molecule has 5 heteroatoms. The predicted molar refractivity (Wildman–Crippen MR) is 82.6 cm³/mol. The van der Waals surface area contributed by atoms with Crippen molar-refractivity contribution in [2.45, 2.75) is 20.8 Å². The molecule has 5 nitrogen and oxygen atoms in total. The van der Waals surface area contributed by atoms with Crippen LogP contribution in [-0.4, -0.2) is 20.7 Å². The van der Waals surface area contributed by atoms with Gasteiger partial charge in [0.15, 0.2) is 5.82 Å². The van der Waals surface area contributed by atoms with Gasteiger partial charge in [0.05, 0.1) is 11.2 Å². The summed E-state index contributed by atoms with van der Waals surface area (Å²) in [7, 11) is 0. The lowest BCUT2D eigenvalue weighted by Crippen LogP contribution is -2.12. The first-order valence-corrected chi connectivity index (χ1v) is 6.75. The summed E-state index contributed by atoms with van der Waals surface area (Å²) >= 11 is 0. The molecule has 1 amide bonds. The maximum absolute atomic E-state index is 11.3. The maximum atomic E-state index is 11.3. The number of fused-ring (bicyclic) bond motifs is 1. The van der Waals surface area contributed by atoms with Crippen LogP contribution in [0.2, 0.25) is 0 Å². The topological polar surface area (TPSA) is 59.8 Å². The third kappa shape index (κ3) is 2.50. The van der Waals surface area contributed by atoms with Crippen molar-refractivity contribution in [2.24, 2.45) is 0 Å². The molecule has 0 fully saturated rings. The van der Waals surface area contributed by atoms with E-state index >= 15 is 0 Å². The van der Waals surface area contributed by atoms with Gasteiger partial charge in [-0.1, -0.05) is 18.2 Å². The Kier molecular flexibility index (Phi) is 3.17. The van der Waals surface area contributed by atoms with E-state index in [1.807, 2.05) is 50.2 Å². The van der Waals surface area contributed by atoms with E-state index in [0.717, 1.165) is 22.2 Å². The number of hydrogen-bond donors (Lipinski definition) is 1. The molecule has 2 aromatic heterocycles. The number of anilines is 1. The SMILES string of the molecule is CC(=O)Nc1cc(C)nn1-c1cc(C)c2ccccc2n1. The van der Waals surface area contributed by atoms with Crippen molar-refractivity contribution < 1.29 is 4.79 Å². The molecule has 21 heavy (non-hydrogen) atoms. The van der Waals surface area contributed by atoms with Crippen LogP contribution in [0.5, 0.6) is 0 Å². The summed E-state index contributed by atoms with van der Waals surface area (Å²) < 4.78 is 1.66. The number of aryl methyl sites for hydroxylation is 2. The molecule has 0 unspecified atom stereocenters. The van der Waals surface area contributed by atoms with Gasteiger partial charge in [-0.05, 0) is 31.5 Å². The number of nitrogens with one attached hydrogen (secondary N) is 1. The van der Waals surface area contributed by atoms with Gasteiger partial charge in [0.25, 0.3) is 0 Å². The van der Waals surface area contributed by atoms with Gasteiger partial charge >= 0.3 is 0 Å². The van der Waals surface area contributed by atoms with Gasteiger partial charge in [-0.3, -0.25) is 4.79 Å². The molecule has 0 bridgehead atoms. The zero-order valence-electron chi connectivity index (χ0n) is 12.2. The Hall–Kier alpha value is -2.69. The van der Waals surface area contributed by atoms with Gasteiger partial charge in [0.2, 0.25) is 5.91 Å². The van der Waals surface area contributed by atoms with Crippen LogP contribution in [0.4, 0.5) is 5.82 Å². The highest BCUT2D eigenvalue weighted by Gasteiger charge is 2.11. The van der Waals surface area contributed by atoms with Crippen molar-refractivity contribution in [3.05, 3.63) is 47.7 Å². The second kappa shape index (κ2) is 5.01. The summed E-state index contributed by atoms with van der Waals surface area (Å²) in [5.41, 5.74) is 2.86. The zero-order chi connectivity index (χ0) is 15.0. The highest BCUT2D eigenvalue weighted by molar-refractivity contribution is 5.88. The predicted octanol–water partition coefficient (Wildman–Crippen LogP) is 3.00. The number of carbonyl (C=O) groups is 1. The minimum absolute atomic E-state index is 0.131. The molecular formula is C16H16N4O. The summed E-state index contributed by atoms with van der Waals surface area (Å²) in [6.07, 6.45) is 0. The van der Waals surface area contributed by atoms with Gasteiger partial charge < -0.3 is 5.32 Å². The van der Waals surface area contributed by atoms with Gasteiger partial charge in [-0.2, -0.15) is 9.78 Å². The molecule has 0 saturated heterocycles. The molecule has 0 radical (unpaired) electrons. The third-order valence-corrected chi connectivity index (χ3v) is 3.26. The summed E-state index contributed by atoms with van der Waals surface area (Å²) in [5.74, 6) is 1.19. The van der Waals surface area contributed by atoms with Gasteiger partial charge in [0, 0.05) is 18.4 Å². The Morgan fingerprint density at radius 3 is 2.71 bits per heavy atom. The van der Waals surface area contributed by atoms with E-state index in [1.54, 1.807) is 4.68 Å². The van der Waals surface area contributed by atoms with Gasteiger partial charge in [0.1, 0.15) is 5.82 Å². The van der Waals surface area contributed by atoms with Crippen molar-refractivity contribution in [1.82, 2.24) is 14.8 Å². The lowest BCUT2D eigenvalue weighted by atomic mass is 10.1. The number of rotatable bonds is 2. The molecule has 1 aromatic carbocycles. The molecular weight excluding hydrogens is 264 g/mol. The molecule has 0 spiro atoms. The van der Waals surface area contributed by atoms with Crippen LogP contribution in [0.15, 0.2) is 36.4 Å². The zero-order valence-corrected chi connectivity index (χ0v) is 12.2. The highest BCUT2D eigenvalue weighted by Crippen LogP contribution is 2.22. The fourth-order valence-corrected chi connectivity index (χ4v) is 2.38. The van der Waals surface area contributed by atoms with Crippen LogP contribution in [0.1, 0.15) is 18.2 Å². The van der Waals surface area contributed by atoms with Gasteiger partial charge in [-0.15, -0.1) is 0 Å². The normalized spacial score (nSPS) is 10.8. The number of carbonyl (C=O) groups excluding carboxylic acids is 1. The highest BCUT2D eigenvalue weighted by atomic mass is 16.1. The van der Waals surface area contributed by atoms with Crippen molar-refractivity contribution >= 4 is 22.6 Å². The molecule has 3 aromatic rings. The van der Waals surface area contributed by atoms with Crippen LogP contribution in [-0.2, 0) is 4.79 Å². The minimum atomic E-state index is -0.131. The number of para-hydroxylation sites is 1. The molecule has 3 rings (SSSR count). The first kappa shape index (κ1) is 13.3. The standard InChI is InChI=1S/C16H16N4O/c1-10-8-15(18-14-7-5-4-6-13(10)14)20-16(17-12(3)21)9-11(2)19-20/h4-9H,1-3H3,(H,17,21). The van der Waals surface area contributed by atoms with Crippen molar-refractivity contribution in [1.29, 1.82) is 0 Å². The quantitative estimate of drug-likeness (QED) is 0.785. The molecule has 0 aliphatic rings. The van der Waals surface area contributed by atoms with E-state index in [-0.39, 0.29) is 5.91 Å². The third-order valence-electron chi connectivity index (χ3n) is 3.26. The fraction of sp³-hybridized carbons (Fsp3) is 0.188. The fourth-order valence-electron chi connectivity index (χ4n) is 2.38. The Labute approximate surface area is 122 Å². The average molecular weight is 280 g/mol. The molecule has 106 valence electrons. The lowest BCUT2D eigenvalue weighted by molar-refractivity contribution is -0.114. The van der Waals surface area contributed by atoms with Crippen molar-refractivity contribution in [3.8, 4) is 5.82 Å². The summed E-state index contributed by atoms with van der Waals surface area (Å²) in [6.45, 7) is 5.41. The first-order valence-electron chi connectivity index (χ1n) is 6.75. The van der Waals surface area contributed by atoms with Crippen LogP contribution in [0, 0.1) is 13.8 Å². The Bertz CT molecular complexity index is 835. The van der Waals surface area contributed by atoms with E-state index in [9.17, 15) is 4.79 Å². The molecule has 0 saturated carbocycles. The summed E-state index contributed by atoms with van der Waals surface area (Å²) in [4.78, 5) is 15.9. The molecule has 2 heterocycles. The maximum Gasteiger partial charge on any atom is 0.222 e. The van der Waals surface area contributed by atoms with E-state index in [4.69, 9.17) is 0 Å². The number of hydrogen-bond acceptors (Lipinski definition) is 3. The molecule has 0 aliphatic heterocycles. The van der Waals surface area contributed by atoms with Crippen molar-refractivity contribution in [2.75, 3.05) is 5.32 Å². The number of aromatic nitrogens is 3. The van der Waals surface area contributed by atoms with E-state index < -0.39 is 0 Å². The number of benzene rings is 1. The summed E-state index contributed by atoms with van der Waals surface area (Å²) in [6, 6.07) is 11.8. The number of pyridine rings is 1. The van der Waals surface area contributed by atoms with Crippen molar-refractivity contribution in [3.63, 3.8) is 0 Å². The Morgan fingerprint density at radius 2 is 1.95 bits per heavy atom. The first-order chi connectivity index (χ1) is 10.0. The Balaban J connectivity index is 2.18. The Morgan fingerprint density at radius 1 is 1.19 bits per heavy atom. The summed E-state index contributed by atoms with van der Waals surface area (Å²) in [5, 5.41) is 8.32. The lowest BCUT2D eigenvalue weighted by Gasteiger charge is -2.09. The monoisotopic (exact) mass is 280 g/mol. The van der Waals surface area contributed by atoms with Crippen LogP contribution < -0.4 is 5.32 Å². The van der Waals surface area contributed by atoms with Crippen LogP contribution in [0.3, 0.4) is 0 Å². The van der Waals surface area contributed by atoms with Crippen LogP contribution >= 0.6 is 0 Å².